The number of unbranched alkanes of at least 4 members (excludes halogenated alkanes) is 1. The van der Waals surface area contributed by atoms with Crippen molar-refractivity contribution in [3.63, 3.8) is 0 Å². The molecule has 2 aromatic rings. The molecule has 0 saturated carbocycles. The number of carbonyl (C=O) groups excluding carboxylic acids is 2. The Morgan fingerprint density at radius 2 is 1.70 bits per heavy atom. The number of nitrogens with zero attached hydrogens (tertiary/aromatic N) is 2. The molecule has 1 N–H and O–H groups in total. The van der Waals surface area contributed by atoms with Gasteiger partial charge in [0.05, 0.1) is 19.1 Å². The number of ether oxygens (including phenoxy) is 1. The van der Waals surface area contributed by atoms with Gasteiger partial charge in [0, 0.05) is 26.1 Å². The highest BCUT2D eigenvalue weighted by Crippen LogP contribution is 2.30. The monoisotopic (exact) mass is 531 g/mol. The Hall–Kier alpha value is -3.07. The summed E-state index contributed by atoms with van der Waals surface area (Å²) < 4.78 is 31.8. The Bertz CT molecular complexity index is 1140. The fraction of sp³-hybridized carbons (Fsp3) is 0.500. The number of nitrogens with one attached hydrogen (secondary N) is 1. The van der Waals surface area contributed by atoms with Crippen molar-refractivity contribution >= 4 is 27.5 Å². The van der Waals surface area contributed by atoms with Gasteiger partial charge in [0.15, 0.2) is 0 Å². The van der Waals surface area contributed by atoms with Crippen LogP contribution in [0.5, 0.6) is 5.75 Å². The maximum Gasteiger partial charge on any atom is 0.242 e. The first kappa shape index (κ1) is 30.2. The maximum absolute atomic E-state index is 13.5. The van der Waals surface area contributed by atoms with Crippen molar-refractivity contribution in [3.8, 4) is 5.75 Å². The van der Waals surface area contributed by atoms with E-state index in [1.165, 1.54) is 11.4 Å². The minimum Gasteiger partial charge on any atom is -0.495 e. The van der Waals surface area contributed by atoms with E-state index in [4.69, 9.17) is 4.74 Å². The third kappa shape index (κ3) is 8.77. The molecule has 0 spiro atoms. The van der Waals surface area contributed by atoms with Crippen molar-refractivity contribution in [2.75, 3.05) is 30.8 Å². The first-order valence-electron chi connectivity index (χ1n) is 12.9. The zero-order chi connectivity index (χ0) is 27.4. The summed E-state index contributed by atoms with van der Waals surface area (Å²) in [5.74, 6) is 0.0918. The molecule has 0 aliphatic carbocycles. The van der Waals surface area contributed by atoms with Crippen LogP contribution in [0.2, 0.25) is 0 Å². The number of benzene rings is 2. The molecule has 2 rings (SSSR count). The van der Waals surface area contributed by atoms with Gasteiger partial charge in [-0.3, -0.25) is 13.9 Å². The van der Waals surface area contributed by atoms with Crippen LogP contribution in [0.3, 0.4) is 0 Å². The Labute approximate surface area is 222 Å². The van der Waals surface area contributed by atoms with E-state index in [0.717, 1.165) is 30.2 Å². The number of methoxy groups -OCH3 is 1. The van der Waals surface area contributed by atoms with Crippen LogP contribution in [0.1, 0.15) is 57.1 Å². The Balaban J connectivity index is 2.23. The van der Waals surface area contributed by atoms with Crippen molar-refractivity contribution < 1.29 is 22.7 Å². The van der Waals surface area contributed by atoms with Gasteiger partial charge in [0.25, 0.3) is 0 Å². The fourth-order valence-corrected chi connectivity index (χ4v) is 5.18. The summed E-state index contributed by atoms with van der Waals surface area (Å²) in [6.45, 7) is 6.94. The van der Waals surface area contributed by atoms with Crippen molar-refractivity contribution in [1.82, 2.24) is 10.2 Å². The summed E-state index contributed by atoms with van der Waals surface area (Å²) in [5.41, 5.74) is 2.45. The number of aryl methyl sites for hydroxylation is 1. The molecular weight excluding hydrogens is 490 g/mol. The average Bonchev–Trinajstić information content (AvgIpc) is 2.87. The average molecular weight is 532 g/mol. The summed E-state index contributed by atoms with van der Waals surface area (Å²) in [6.07, 6.45) is 3.85. The van der Waals surface area contributed by atoms with Crippen LogP contribution in [0.25, 0.3) is 0 Å². The van der Waals surface area contributed by atoms with Gasteiger partial charge < -0.3 is 15.0 Å². The molecular formula is C28H41N3O5S. The molecule has 1 unspecified atom stereocenters. The van der Waals surface area contributed by atoms with Crippen LogP contribution in [-0.2, 0) is 26.2 Å². The highest BCUT2D eigenvalue weighted by Gasteiger charge is 2.29. The standard InChI is InChI=1S/C28H41N3O5S/c1-6-8-19-29-28(33)24(7-2)30(21-23-15-10-9-14-22(23)3)27(32)18-13-20-31(37(5,34)35)25-16-11-12-17-26(25)36-4/h9-12,14-17,24H,6-8,13,18-21H2,1-5H3,(H,29,33). The Kier molecular flexibility index (Phi) is 11.9. The highest BCUT2D eigenvalue weighted by molar-refractivity contribution is 7.92. The molecule has 2 aromatic carbocycles. The molecule has 0 aliphatic heterocycles. The lowest BCUT2D eigenvalue weighted by Crippen LogP contribution is -2.49. The lowest BCUT2D eigenvalue weighted by atomic mass is 10.1. The summed E-state index contributed by atoms with van der Waals surface area (Å²) in [7, 11) is -2.12. The normalized spacial score (nSPS) is 12.0. The first-order chi connectivity index (χ1) is 17.6. The van der Waals surface area contributed by atoms with Gasteiger partial charge in [0.1, 0.15) is 11.8 Å². The lowest BCUT2D eigenvalue weighted by Gasteiger charge is -2.31. The van der Waals surface area contributed by atoms with Gasteiger partial charge in [-0.2, -0.15) is 0 Å². The number of hydrogen-bond donors (Lipinski definition) is 1. The van der Waals surface area contributed by atoms with Crippen LogP contribution in [-0.4, -0.2) is 57.6 Å². The van der Waals surface area contributed by atoms with E-state index in [0.29, 0.717) is 37.4 Å². The van der Waals surface area contributed by atoms with E-state index in [2.05, 4.69) is 12.2 Å². The van der Waals surface area contributed by atoms with Gasteiger partial charge in [-0.25, -0.2) is 8.42 Å². The predicted molar refractivity (Wildman–Crippen MR) is 148 cm³/mol. The fourth-order valence-electron chi connectivity index (χ4n) is 4.21. The first-order valence-corrected chi connectivity index (χ1v) is 14.7. The zero-order valence-corrected chi connectivity index (χ0v) is 23.5. The molecule has 204 valence electrons. The number of para-hydroxylation sites is 2. The topological polar surface area (TPSA) is 96.0 Å². The van der Waals surface area contributed by atoms with Crippen molar-refractivity contribution in [3.05, 3.63) is 59.7 Å². The molecule has 8 nitrogen and oxygen atoms in total. The van der Waals surface area contributed by atoms with Crippen molar-refractivity contribution in [1.29, 1.82) is 0 Å². The third-order valence-corrected chi connectivity index (χ3v) is 7.50. The lowest BCUT2D eigenvalue weighted by molar-refractivity contribution is -0.141. The largest absolute Gasteiger partial charge is 0.495 e. The van der Waals surface area contributed by atoms with Gasteiger partial charge >= 0.3 is 0 Å². The van der Waals surface area contributed by atoms with E-state index in [9.17, 15) is 18.0 Å². The summed E-state index contributed by atoms with van der Waals surface area (Å²) in [4.78, 5) is 28.2. The molecule has 0 radical (unpaired) electrons. The quantitative estimate of drug-likeness (QED) is 0.346. The van der Waals surface area contributed by atoms with Gasteiger partial charge in [-0.15, -0.1) is 0 Å². The van der Waals surface area contributed by atoms with Crippen molar-refractivity contribution in [2.45, 2.75) is 65.5 Å². The van der Waals surface area contributed by atoms with Crippen LogP contribution < -0.4 is 14.4 Å². The Morgan fingerprint density at radius 3 is 2.32 bits per heavy atom. The number of carbonyl (C=O) groups is 2. The van der Waals surface area contributed by atoms with Gasteiger partial charge in [0.2, 0.25) is 21.8 Å². The Morgan fingerprint density at radius 1 is 1.03 bits per heavy atom. The molecule has 0 heterocycles. The van der Waals surface area contributed by atoms with Gasteiger partial charge in [-0.1, -0.05) is 56.7 Å². The second-order valence-corrected chi connectivity index (χ2v) is 11.0. The predicted octanol–water partition coefficient (Wildman–Crippen LogP) is 4.27. The smallest absolute Gasteiger partial charge is 0.242 e. The number of anilines is 1. The molecule has 37 heavy (non-hydrogen) atoms. The molecule has 0 aromatic heterocycles. The minimum absolute atomic E-state index is 0.103. The second kappa shape index (κ2) is 14.6. The maximum atomic E-state index is 13.5. The summed E-state index contributed by atoms with van der Waals surface area (Å²) in [6, 6.07) is 14.1. The second-order valence-electron chi connectivity index (χ2n) is 9.13. The molecule has 0 bridgehead atoms. The van der Waals surface area contributed by atoms with E-state index in [1.807, 2.05) is 38.1 Å². The molecule has 0 fully saturated rings. The van der Waals surface area contributed by atoms with E-state index < -0.39 is 16.1 Å². The van der Waals surface area contributed by atoms with Crippen LogP contribution in [0.15, 0.2) is 48.5 Å². The van der Waals surface area contributed by atoms with Crippen LogP contribution in [0.4, 0.5) is 5.69 Å². The number of rotatable bonds is 15. The number of hydrogen-bond acceptors (Lipinski definition) is 5. The minimum atomic E-state index is -3.61. The summed E-state index contributed by atoms with van der Waals surface area (Å²) in [5, 5.41) is 2.96. The van der Waals surface area contributed by atoms with Crippen LogP contribution in [0, 0.1) is 6.92 Å². The molecule has 1 atom stereocenters. The molecule has 0 aliphatic rings. The van der Waals surface area contributed by atoms with E-state index >= 15 is 0 Å². The summed E-state index contributed by atoms with van der Waals surface area (Å²) >= 11 is 0. The highest BCUT2D eigenvalue weighted by atomic mass is 32.2. The number of sulfonamides is 1. The third-order valence-electron chi connectivity index (χ3n) is 6.32. The van der Waals surface area contributed by atoms with Gasteiger partial charge in [-0.05, 0) is 49.4 Å². The van der Waals surface area contributed by atoms with Crippen molar-refractivity contribution in [2.24, 2.45) is 0 Å². The SMILES string of the molecule is CCCCNC(=O)C(CC)N(Cc1ccccc1C)C(=O)CCCN(c1ccccc1OC)S(C)(=O)=O. The number of amides is 2. The zero-order valence-electron chi connectivity index (χ0n) is 22.7. The van der Waals surface area contributed by atoms with Crippen LogP contribution >= 0.6 is 0 Å². The molecule has 2 amide bonds. The van der Waals surface area contributed by atoms with E-state index in [1.54, 1.807) is 29.2 Å². The molecule has 9 heteroatoms. The van der Waals surface area contributed by atoms with E-state index in [-0.39, 0.29) is 24.8 Å². The molecule has 0 saturated heterocycles.